The molecule has 0 saturated heterocycles. The maximum Gasteiger partial charge on any atom is 0.320 e. The smallest absolute Gasteiger partial charge is 0.320 e. The summed E-state index contributed by atoms with van der Waals surface area (Å²) in [5, 5.41) is 21.9. The molecular formula is C16H25NO3. The van der Waals surface area contributed by atoms with Crippen molar-refractivity contribution in [2.45, 2.75) is 45.8 Å². The fourth-order valence-corrected chi connectivity index (χ4v) is 2.13. The summed E-state index contributed by atoms with van der Waals surface area (Å²) in [6, 6.07) is 7.25. The lowest BCUT2D eigenvalue weighted by molar-refractivity contribution is -0.139. The zero-order chi connectivity index (χ0) is 15.1. The van der Waals surface area contributed by atoms with Crippen LogP contribution in [-0.4, -0.2) is 28.8 Å². The van der Waals surface area contributed by atoms with Crippen molar-refractivity contribution in [1.29, 1.82) is 0 Å². The Kier molecular flexibility index (Phi) is 6.68. The molecular weight excluding hydrogens is 254 g/mol. The summed E-state index contributed by atoms with van der Waals surface area (Å²) >= 11 is 0. The lowest BCUT2D eigenvalue weighted by atomic mass is 10.00. The van der Waals surface area contributed by atoms with E-state index < -0.39 is 18.1 Å². The van der Waals surface area contributed by atoms with Gasteiger partial charge in [0.25, 0.3) is 0 Å². The van der Waals surface area contributed by atoms with Crippen molar-refractivity contribution in [3.8, 4) is 0 Å². The standard InChI is InChI=1S/C16H25NO3/c1-4-14(16(19)20)17-10-15(18)13-7-5-12(6-8-13)9-11(2)3/h5-8,11,14-15,17-18H,4,9-10H2,1-3H3,(H,19,20). The number of benzene rings is 1. The molecule has 0 amide bonds. The fourth-order valence-electron chi connectivity index (χ4n) is 2.13. The van der Waals surface area contributed by atoms with E-state index in [0.29, 0.717) is 12.3 Å². The van der Waals surface area contributed by atoms with Crippen LogP contribution in [0.5, 0.6) is 0 Å². The first kappa shape index (κ1) is 16.7. The highest BCUT2D eigenvalue weighted by Gasteiger charge is 2.16. The third-order valence-corrected chi connectivity index (χ3v) is 3.27. The molecule has 1 rings (SSSR count). The summed E-state index contributed by atoms with van der Waals surface area (Å²) in [6.07, 6.45) is 0.831. The number of carboxylic acid groups (broad SMARTS) is 1. The predicted octanol–water partition coefficient (Wildman–Crippen LogP) is 2.37. The Morgan fingerprint density at radius 1 is 1.25 bits per heavy atom. The first-order valence-electron chi connectivity index (χ1n) is 7.17. The number of aliphatic carboxylic acids is 1. The van der Waals surface area contributed by atoms with Gasteiger partial charge in [-0.1, -0.05) is 45.0 Å². The first-order valence-corrected chi connectivity index (χ1v) is 7.17. The van der Waals surface area contributed by atoms with Crippen molar-refractivity contribution in [3.05, 3.63) is 35.4 Å². The van der Waals surface area contributed by atoms with Crippen LogP contribution in [0.15, 0.2) is 24.3 Å². The van der Waals surface area contributed by atoms with Crippen LogP contribution in [0, 0.1) is 5.92 Å². The van der Waals surface area contributed by atoms with Gasteiger partial charge in [0.1, 0.15) is 6.04 Å². The molecule has 4 heteroatoms. The number of hydrogen-bond acceptors (Lipinski definition) is 3. The summed E-state index contributed by atoms with van der Waals surface area (Å²) in [5.41, 5.74) is 2.06. The highest BCUT2D eigenvalue weighted by molar-refractivity contribution is 5.73. The largest absolute Gasteiger partial charge is 0.480 e. The van der Waals surface area contributed by atoms with Gasteiger partial charge in [-0.3, -0.25) is 4.79 Å². The van der Waals surface area contributed by atoms with Crippen LogP contribution in [0.2, 0.25) is 0 Å². The molecule has 1 aromatic rings. The molecule has 2 atom stereocenters. The van der Waals surface area contributed by atoms with E-state index in [1.54, 1.807) is 6.92 Å². The number of nitrogens with one attached hydrogen (secondary N) is 1. The van der Waals surface area contributed by atoms with Gasteiger partial charge < -0.3 is 15.5 Å². The van der Waals surface area contributed by atoms with Gasteiger partial charge in [0.2, 0.25) is 0 Å². The average Bonchev–Trinajstić information content (AvgIpc) is 2.39. The molecule has 0 bridgehead atoms. The van der Waals surface area contributed by atoms with Crippen molar-refractivity contribution in [2.24, 2.45) is 5.92 Å². The van der Waals surface area contributed by atoms with Crippen LogP contribution in [-0.2, 0) is 11.2 Å². The molecule has 0 aliphatic heterocycles. The maximum atomic E-state index is 10.9. The molecule has 1 aromatic carbocycles. The maximum absolute atomic E-state index is 10.9. The Hall–Kier alpha value is -1.39. The minimum atomic E-state index is -0.882. The Bertz CT molecular complexity index is 414. The van der Waals surface area contributed by atoms with Crippen LogP contribution in [0.3, 0.4) is 0 Å². The van der Waals surface area contributed by atoms with Gasteiger partial charge in [0.15, 0.2) is 0 Å². The summed E-state index contributed by atoms with van der Waals surface area (Å²) < 4.78 is 0. The van der Waals surface area contributed by atoms with Gasteiger partial charge in [-0.15, -0.1) is 0 Å². The van der Waals surface area contributed by atoms with Crippen molar-refractivity contribution < 1.29 is 15.0 Å². The van der Waals surface area contributed by atoms with E-state index in [-0.39, 0.29) is 6.54 Å². The van der Waals surface area contributed by atoms with Gasteiger partial charge in [0.05, 0.1) is 6.10 Å². The number of aliphatic hydroxyl groups excluding tert-OH is 1. The zero-order valence-corrected chi connectivity index (χ0v) is 12.5. The molecule has 0 aliphatic carbocycles. The third kappa shape index (κ3) is 5.31. The van der Waals surface area contributed by atoms with Crippen LogP contribution in [0.4, 0.5) is 0 Å². The number of carboxylic acids is 1. The van der Waals surface area contributed by atoms with Crippen molar-refractivity contribution in [1.82, 2.24) is 5.32 Å². The number of aliphatic hydroxyl groups is 1. The van der Waals surface area contributed by atoms with E-state index in [1.807, 2.05) is 24.3 Å². The normalized spacial score (nSPS) is 14.2. The van der Waals surface area contributed by atoms with E-state index in [4.69, 9.17) is 5.11 Å². The molecule has 0 aliphatic rings. The monoisotopic (exact) mass is 279 g/mol. The Morgan fingerprint density at radius 2 is 1.85 bits per heavy atom. The minimum absolute atomic E-state index is 0.244. The lowest BCUT2D eigenvalue weighted by Crippen LogP contribution is -2.38. The third-order valence-electron chi connectivity index (χ3n) is 3.27. The second-order valence-electron chi connectivity index (χ2n) is 5.56. The van der Waals surface area contributed by atoms with Crippen molar-refractivity contribution in [3.63, 3.8) is 0 Å². The quantitative estimate of drug-likeness (QED) is 0.683. The first-order chi connectivity index (χ1) is 9.43. The molecule has 4 nitrogen and oxygen atoms in total. The molecule has 2 unspecified atom stereocenters. The molecule has 3 N–H and O–H groups in total. The summed E-state index contributed by atoms with van der Waals surface area (Å²) in [4.78, 5) is 10.9. The molecule has 20 heavy (non-hydrogen) atoms. The van der Waals surface area contributed by atoms with Crippen LogP contribution < -0.4 is 5.32 Å². The molecule has 0 saturated carbocycles. The molecule has 0 fully saturated rings. The highest BCUT2D eigenvalue weighted by atomic mass is 16.4. The summed E-state index contributed by atoms with van der Waals surface area (Å²) in [6.45, 7) is 6.39. The minimum Gasteiger partial charge on any atom is -0.480 e. The predicted molar refractivity (Wildman–Crippen MR) is 79.7 cm³/mol. The van der Waals surface area contributed by atoms with Gasteiger partial charge >= 0.3 is 5.97 Å². The second-order valence-corrected chi connectivity index (χ2v) is 5.56. The molecule has 0 heterocycles. The fraction of sp³-hybridized carbons (Fsp3) is 0.562. The van der Waals surface area contributed by atoms with Crippen LogP contribution in [0.25, 0.3) is 0 Å². The SMILES string of the molecule is CCC(NCC(O)c1ccc(CC(C)C)cc1)C(=O)O. The van der Waals surface area contributed by atoms with Crippen LogP contribution >= 0.6 is 0 Å². The van der Waals surface area contributed by atoms with Gasteiger partial charge in [0, 0.05) is 6.54 Å². The topological polar surface area (TPSA) is 69.6 Å². The average molecular weight is 279 g/mol. The molecule has 0 radical (unpaired) electrons. The van der Waals surface area contributed by atoms with Crippen molar-refractivity contribution >= 4 is 5.97 Å². The van der Waals surface area contributed by atoms with E-state index in [0.717, 1.165) is 12.0 Å². The lowest BCUT2D eigenvalue weighted by Gasteiger charge is -2.17. The van der Waals surface area contributed by atoms with Gasteiger partial charge in [-0.05, 0) is 29.9 Å². The number of carbonyl (C=O) groups is 1. The van der Waals surface area contributed by atoms with E-state index in [2.05, 4.69) is 19.2 Å². The molecule has 0 spiro atoms. The van der Waals surface area contributed by atoms with Crippen molar-refractivity contribution in [2.75, 3.05) is 6.54 Å². The highest BCUT2D eigenvalue weighted by Crippen LogP contribution is 2.15. The van der Waals surface area contributed by atoms with E-state index in [9.17, 15) is 9.90 Å². The summed E-state index contributed by atoms with van der Waals surface area (Å²) in [5.74, 6) is -0.277. The van der Waals surface area contributed by atoms with Gasteiger partial charge in [-0.25, -0.2) is 0 Å². The summed E-state index contributed by atoms with van der Waals surface area (Å²) in [7, 11) is 0. The second kappa shape index (κ2) is 8.02. The Balaban J connectivity index is 2.55. The molecule has 0 aromatic heterocycles. The van der Waals surface area contributed by atoms with E-state index in [1.165, 1.54) is 5.56 Å². The zero-order valence-electron chi connectivity index (χ0n) is 12.5. The number of hydrogen-bond donors (Lipinski definition) is 3. The Morgan fingerprint density at radius 3 is 2.30 bits per heavy atom. The van der Waals surface area contributed by atoms with Crippen LogP contribution in [0.1, 0.15) is 44.4 Å². The molecule has 112 valence electrons. The number of rotatable bonds is 8. The van der Waals surface area contributed by atoms with Gasteiger partial charge in [-0.2, -0.15) is 0 Å². The van der Waals surface area contributed by atoms with E-state index >= 15 is 0 Å². The Labute approximate surface area is 120 Å².